The summed E-state index contributed by atoms with van der Waals surface area (Å²) in [5.74, 6) is 0.722. The fourth-order valence-electron chi connectivity index (χ4n) is 1.52. The molecule has 0 saturated carbocycles. The van der Waals surface area contributed by atoms with Crippen molar-refractivity contribution >= 4 is 5.84 Å². The third-order valence-corrected chi connectivity index (χ3v) is 2.37. The predicted octanol–water partition coefficient (Wildman–Crippen LogP) is 0.975. The van der Waals surface area contributed by atoms with Gasteiger partial charge in [-0.25, -0.2) is 4.98 Å². The molecule has 0 spiro atoms. The maximum Gasteiger partial charge on any atom is 0.172 e. The lowest BCUT2D eigenvalue weighted by Gasteiger charge is -2.10. The number of nitrogens with two attached hydrogens (primary N) is 1. The van der Waals surface area contributed by atoms with Gasteiger partial charge in [0.25, 0.3) is 0 Å². The average molecular weight is 232 g/mol. The highest BCUT2D eigenvalue weighted by Crippen LogP contribution is 2.21. The Balaban J connectivity index is 2.60. The number of methoxy groups -OCH3 is 1. The third kappa shape index (κ3) is 2.05. The van der Waals surface area contributed by atoms with Crippen LogP contribution in [0, 0.1) is 0 Å². The minimum absolute atomic E-state index is 0.0383. The summed E-state index contributed by atoms with van der Waals surface area (Å²) < 4.78 is 6.90. The van der Waals surface area contributed by atoms with Crippen LogP contribution < -0.4 is 10.5 Å². The van der Waals surface area contributed by atoms with Gasteiger partial charge in [-0.15, -0.1) is 0 Å². The van der Waals surface area contributed by atoms with Crippen molar-refractivity contribution in [1.29, 1.82) is 0 Å². The van der Waals surface area contributed by atoms with Crippen molar-refractivity contribution in [3.8, 4) is 11.4 Å². The number of hydrogen-bond donors (Lipinski definition) is 2. The second-order valence-corrected chi connectivity index (χ2v) is 3.34. The van der Waals surface area contributed by atoms with E-state index < -0.39 is 0 Å². The van der Waals surface area contributed by atoms with E-state index in [1.54, 1.807) is 48.6 Å². The zero-order valence-corrected chi connectivity index (χ0v) is 9.24. The lowest BCUT2D eigenvalue weighted by molar-refractivity contribution is 0.318. The first-order valence-electron chi connectivity index (χ1n) is 4.90. The lowest BCUT2D eigenvalue weighted by atomic mass is 10.1. The largest absolute Gasteiger partial charge is 0.497 e. The molecule has 3 N–H and O–H groups in total. The van der Waals surface area contributed by atoms with Crippen molar-refractivity contribution < 1.29 is 9.94 Å². The summed E-state index contributed by atoms with van der Waals surface area (Å²) in [6, 6.07) is 5.26. The van der Waals surface area contributed by atoms with Gasteiger partial charge in [-0.3, -0.25) is 0 Å². The molecule has 0 aliphatic heterocycles. The summed E-state index contributed by atoms with van der Waals surface area (Å²) in [5, 5.41) is 11.7. The van der Waals surface area contributed by atoms with Crippen LogP contribution in [0.4, 0.5) is 0 Å². The Bertz CT molecular complexity index is 534. The van der Waals surface area contributed by atoms with Crippen LogP contribution in [0.25, 0.3) is 5.69 Å². The van der Waals surface area contributed by atoms with Crippen LogP contribution in [0.15, 0.2) is 42.1 Å². The van der Waals surface area contributed by atoms with Gasteiger partial charge in [0, 0.05) is 24.0 Å². The van der Waals surface area contributed by atoms with Crippen LogP contribution in [-0.2, 0) is 0 Å². The van der Waals surface area contributed by atoms with Gasteiger partial charge < -0.3 is 20.2 Å². The summed E-state index contributed by atoms with van der Waals surface area (Å²) in [7, 11) is 1.58. The van der Waals surface area contributed by atoms with Gasteiger partial charge in [0.1, 0.15) is 5.75 Å². The van der Waals surface area contributed by atoms with Crippen LogP contribution in [0.2, 0.25) is 0 Å². The van der Waals surface area contributed by atoms with Crippen LogP contribution in [0.5, 0.6) is 5.75 Å². The molecule has 0 radical (unpaired) electrons. The molecular formula is C11H12N4O2. The van der Waals surface area contributed by atoms with Gasteiger partial charge in [0.2, 0.25) is 0 Å². The van der Waals surface area contributed by atoms with E-state index in [9.17, 15) is 0 Å². The van der Waals surface area contributed by atoms with Crippen molar-refractivity contribution in [3.05, 3.63) is 42.5 Å². The molecule has 0 aliphatic rings. The minimum Gasteiger partial charge on any atom is -0.497 e. The van der Waals surface area contributed by atoms with Crippen LogP contribution in [0.1, 0.15) is 5.56 Å². The molecule has 0 fully saturated rings. The lowest BCUT2D eigenvalue weighted by Crippen LogP contribution is -2.16. The van der Waals surface area contributed by atoms with E-state index in [4.69, 9.17) is 15.7 Å². The molecule has 1 aromatic heterocycles. The maximum atomic E-state index is 8.74. The third-order valence-electron chi connectivity index (χ3n) is 2.37. The second kappa shape index (κ2) is 4.56. The van der Waals surface area contributed by atoms with Crippen molar-refractivity contribution in [3.63, 3.8) is 0 Å². The minimum atomic E-state index is 0.0383. The summed E-state index contributed by atoms with van der Waals surface area (Å²) in [6.07, 6.45) is 5.04. The molecule has 0 aliphatic carbocycles. The molecule has 0 bridgehead atoms. The van der Waals surface area contributed by atoms with Gasteiger partial charge in [-0.2, -0.15) is 0 Å². The van der Waals surface area contributed by atoms with Gasteiger partial charge in [-0.05, 0) is 12.1 Å². The molecule has 88 valence electrons. The normalized spacial score (nSPS) is 11.5. The topological polar surface area (TPSA) is 85.7 Å². The first-order valence-corrected chi connectivity index (χ1v) is 4.90. The monoisotopic (exact) mass is 232 g/mol. The molecule has 0 atom stereocenters. The Hall–Kier alpha value is -2.50. The average Bonchev–Trinajstić information content (AvgIpc) is 2.91. The molecule has 0 amide bonds. The molecule has 0 saturated heterocycles. The van der Waals surface area contributed by atoms with Crippen LogP contribution in [-0.4, -0.2) is 27.7 Å². The molecule has 0 unspecified atom stereocenters. The Labute approximate surface area is 98.0 Å². The highest BCUT2D eigenvalue weighted by atomic mass is 16.5. The highest BCUT2D eigenvalue weighted by molar-refractivity contribution is 6.00. The number of nitrogens with zero attached hydrogens (tertiary/aromatic N) is 3. The molecule has 6 heteroatoms. The quantitative estimate of drug-likeness (QED) is 0.357. The number of imidazole rings is 1. The summed E-state index contributed by atoms with van der Waals surface area (Å²) in [6.45, 7) is 0. The molecule has 6 nitrogen and oxygen atoms in total. The maximum absolute atomic E-state index is 8.74. The highest BCUT2D eigenvalue weighted by Gasteiger charge is 2.10. The SMILES string of the molecule is COc1ccc(/C(N)=N/O)c(-n2ccnc2)c1. The fourth-order valence-corrected chi connectivity index (χ4v) is 1.52. The van der Waals surface area contributed by atoms with E-state index >= 15 is 0 Å². The number of oxime groups is 1. The zero-order chi connectivity index (χ0) is 12.3. The zero-order valence-electron chi connectivity index (χ0n) is 9.24. The van der Waals surface area contributed by atoms with Gasteiger partial charge in [-0.1, -0.05) is 5.16 Å². The summed E-state index contributed by atoms with van der Waals surface area (Å²) in [5.41, 5.74) is 6.95. The Kier molecular flexibility index (Phi) is 2.95. The number of ether oxygens (including phenoxy) is 1. The molecule has 2 rings (SSSR count). The van der Waals surface area contributed by atoms with Crippen molar-refractivity contribution in [2.24, 2.45) is 10.9 Å². The Morgan fingerprint density at radius 3 is 2.94 bits per heavy atom. The summed E-state index contributed by atoms with van der Waals surface area (Å²) >= 11 is 0. The molecule has 2 aromatic rings. The van der Waals surface area contributed by atoms with E-state index in [1.807, 2.05) is 0 Å². The number of hydrogen-bond acceptors (Lipinski definition) is 4. The van der Waals surface area contributed by atoms with Gasteiger partial charge >= 0.3 is 0 Å². The summed E-state index contributed by atoms with van der Waals surface area (Å²) in [4.78, 5) is 3.96. The predicted molar refractivity (Wildman–Crippen MR) is 62.6 cm³/mol. The first kappa shape index (κ1) is 11.0. The molecular weight excluding hydrogens is 220 g/mol. The smallest absolute Gasteiger partial charge is 0.172 e. The van der Waals surface area contributed by atoms with Crippen LogP contribution in [0.3, 0.4) is 0 Å². The van der Waals surface area contributed by atoms with Crippen molar-refractivity contribution in [2.45, 2.75) is 0 Å². The Morgan fingerprint density at radius 2 is 2.35 bits per heavy atom. The Morgan fingerprint density at radius 1 is 1.53 bits per heavy atom. The number of aromatic nitrogens is 2. The fraction of sp³-hybridized carbons (Fsp3) is 0.0909. The molecule has 1 aromatic carbocycles. The van der Waals surface area contributed by atoms with Gasteiger partial charge in [0.15, 0.2) is 5.84 Å². The standard InChI is InChI=1S/C11H12N4O2/c1-17-8-2-3-9(11(12)14-16)10(6-8)15-5-4-13-7-15/h2-7,16H,1H3,(H2,12,14). The van der Waals surface area contributed by atoms with Crippen molar-refractivity contribution in [2.75, 3.05) is 7.11 Å². The second-order valence-electron chi connectivity index (χ2n) is 3.34. The first-order chi connectivity index (χ1) is 8.26. The molecule has 17 heavy (non-hydrogen) atoms. The van der Waals surface area contributed by atoms with E-state index in [0.717, 1.165) is 5.69 Å². The van der Waals surface area contributed by atoms with E-state index in [2.05, 4.69) is 10.1 Å². The van der Waals surface area contributed by atoms with Gasteiger partial charge in [0.05, 0.1) is 19.1 Å². The number of benzene rings is 1. The van der Waals surface area contributed by atoms with Crippen molar-refractivity contribution in [1.82, 2.24) is 9.55 Å². The van der Waals surface area contributed by atoms with Crippen LogP contribution >= 0.6 is 0 Å². The number of amidine groups is 1. The number of rotatable bonds is 3. The van der Waals surface area contributed by atoms with E-state index in [-0.39, 0.29) is 5.84 Å². The molecule has 1 heterocycles. The van der Waals surface area contributed by atoms with E-state index in [1.165, 1.54) is 0 Å². The van der Waals surface area contributed by atoms with E-state index in [0.29, 0.717) is 11.3 Å².